The topological polar surface area (TPSA) is 82.7 Å². The van der Waals surface area contributed by atoms with Crippen LogP contribution < -0.4 is 10.1 Å². The number of rotatable bonds is 8. The standard InChI is InChI=1S/C23H26N2O5/c1-5-28-19-10-8-18(9-11-19)24-22(26)17(4)30-23(27)21-13-15(2)25(16(21)3)14-20-7-6-12-29-20/h6-13,17H,5,14H2,1-4H3,(H,24,26)/t17-/m0/s1. The van der Waals surface area contributed by atoms with Gasteiger partial charge in [0.1, 0.15) is 11.5 Å². The fraction of sp³-hybridized carbons (Fsp3) is 0.304. The van der Waals surface area contributed by atoms with Crippen molar-refractivity contribution in [1.29, 1.82) is 0 Å². The van der Waals surface area contributed by atoms with Gasteiger partial charge in [-0.05, 0) is 70.2 Å². The molecule has 0 fully saturated rings. The van der Waals surface area contributed by atoms with Crippen LogP contribution in [-0.2, 0) is 16.1 Å². The number of carbonyl (C=O) groups excluding carboxylic acids is 2. The van der Waals surface area contributed by atoms with Crippen LogP contribution in [0, 0.1) is 13.8 Å². The van der Waals surface area contributed by atoms with Gasteiger partial charge in [-0.25, -0.2) is 4.79 Å². The van der Waals surface area contributed by atoms with Gasteiger partial charge in [-0.2, -0.15) is 0 Å². The molecule has 0 bridgehead atoms. The summed E-state index contributed by atoms with van der Waals surface area (Å²) in [5.74, 6) is 0.569. The predicted octanol–water partition coefficient (Wildman–Crippen LogP) is 4.33. The zero-order valence-electron chi connectivity index (χ0n) is 17.6. The van der Waals surface area contributed by atoms with Gasteiger partial charge in [-0.1, -0.05) is 0 Å². The number of nitrogens with one attached hydrogen (secondary N) is 1. The molecular formula is C23H26N2O5. The highest BCUT2D eigenvalue weighted by Crippen LogP contribution is 2.20. The fourth-order valence-electron chi connectivity index (χ4n) is 3.13. The van der Waals surface area contributed by atoms with E-state index in [0.717, 1.165) is 22.9 Å². The van der Waals surface area contributed by atoms with E-state index in [9.17, 15) is 9.59 Å². The van der Waals surface area contributed by atoms with Gasteiger partial charge in [0.05, 0.1) is 25.0 Å². The SMILES string of the molecule is CCOc1ccc(NC(=O)[C@H](C)OC(=O)c2cc(C)n(Cc3ccco3)c2C)cc1. The van der Waals surface area contributed by atoms with Gasteiger partial charge in [0.2, 0.25) is 0 Å². The monoisotopic (exact) mass is 410 g/mol. The average molecular weight is 410 g/mol. The van der Waals surface area contributed by atoms with Crippen LogP contribution >= 0.6 is 0 Å². The van der Waals surface area contributed by atoms with Crippen LogP contribution in [0.4, 0.5) is 5.69 Å². The highest BCUT2D eigenvalue weighted by Gasteiger charge is 2.23. The Labute approximate surface area is 175 Å². The van der Waals surface area contributed by atoms with Crippen molar-refractivity contribution >= 4 is 17.6 Å². The molecule has 0 aliphatic carbocycles. The number of anilines is 1. The second kappa shape index (κ2) is 9.35. The molecule has 0 aliphatic heterocycles. The number of benzene rings is 1. The van der Waals surface area contributed by atoms with E-state index in [1.165, 1.54) is 0 Å². The van der Waals surface area contributed by atoms with E-state index in [0.29, 0.717) is 24.4 Å². The van der Waals surface area contributed by atoms with E-state index in [4.69, 9.17) is 13.9 Å². The number of aryl methyl sites for hydroxylation is 1. The Morgan fingerprint density at radius 1 is 1.17 bits per heavy atom. The minimum Gasteiger partial charge on any atom is -0.494 e. The zero-order chi connectivity index (χ0) is 21.7. The van der Waals surface area contributed by atoms with Gasteiger partial charge < -0.3 is 23.8 Å². The lowest BCUT2D eigenvalue weighted by molar-refractivity contribution is -0.123. The molecule has 2 aromatic heterocycles. The maximum atomic E-state index is 12.7. The molecule has 0 radical (unpaired) electrons. The Morgan fingerprint density at radius 2 is 1.90 bits per heavy atom. The number of hydrogen-bond donors (Lipinski definition) is 1. The normalized spacial score (nSPS) is 11.7. The number of nitrogens with zero attached hydrogens (tertiary/aromatic N) is 1. The van der Waals surface area contributed by atoms with Crippen LogP contribution in [0.3, 0.4) is 0 Å². The number of amides is 1. The summed E-state index contributed by atoms with van der Waals surface area (Å²) in [5.41, 5.74) is 2.69. The molecule has 1 N–H and O–H groups in total. The Kier molecular flexibility index (Phi) is 6.61. The van der Waals surface area contributed by atoms with Crippen molar-refractivity contribution in [3.05, 3.63) is 71.4 Å². The molecule has 7 heteroatoms. The second-order valence-electron chi connectivity index (χ2n) is 6.94. The van der Waals surface area contributed by atoms with Crippen LogP contribution in [0.25, 0.3) is 0 Å². The molecule has 2 heterocycles. The van der Waals surface area contributed by atoms with Crippen molar-refractivity contribution in [1.82, 2.24) is 4.57 Å². The van der Waals surface area contributed by atoms with Crippen LogP contribution in [0.15, 0.2) is 53.1 Å². The van der Waals surface area contributed by atoms with Gasteiger partial charge in [0.15, 0.2) is 6.10 Å². The summed E-state index contributed by atoms with van der Waals surface area (Å²) in [5, 5.41) is 2.74. The molecule has 1 atom stereocenters. The van der Waals surface area contributed by atoms with E-state index in [1.54, 1.807) is 43.5 Å². The minimum atomic E-state index is -0.947. The van der Waals surface area contributed by atoms with E-state index >= 15 is 0 Å². The minimum absolute atomic E-state index is 0.406. The molecule has 0 unspecified atom stereocenters. The number of ether oxygens (including phenoxy) is 2. The second-order valence-corrected chi connectivity index (χ2v) is 6.94. The first kappa shape index (κ1) is 21.2. The quantitative estimate of drug-likeness (QED) is 0.559. The van der Waals surface area contributed by atoms with E-state index in [2.05, 4.69) is 5.32 Å². The lowest BCUT2D eigenvalue weighted by Gasteiger charge is -2.14. The summed E-state index contributed by atoms with van der Waals surface area (Å²) in [4.78, 5) is 25.1. The van der Waals surface area contributed by atoms with Crippen molar-refractivity contribution in [3.63, 3.8) is 0 Å². The van der Waals surface area contributed by atoms with Crippen molar-refractivity contribution in [2.45, 2.75) is 40.3 Å². The molecule has 158 valence electrons. The summed E-state index contributed by atoms with van der Waals surface area (Å²) >= 11 is 0. The smallest absolute Gasteiger partial charge is 0.340 e. The highest BCUT2D eigenvalue weighted by molar-refractivity contribution is 5.97. The highest BCUT2D eigenvalue weighted by atomic mass is 16.5. The van der Waals surface area contributed by atoms with Crippen LogP contribution in [0.5, 0.6) is 5.75 Å². The van der Waals surface area contributed by atoms with Gasteiger partial charge in [0.25, 0.3) is 5.91 Å². The first-order chi connectivity index (χ1) is 14.4. The molecule has 1 aromatic carbocycles. The number of hydrogen-bond acceptors (Lipinski definition) is 5. The van der Waals surface area contributed by atoms with Crippen LogP contribution in [0.1, 0.15) is 41.4 Å². The Balaban J connectivity index is 1.62. The maximum Gasteiger partial charge on any atom is 0.340 e. The summed E-state index contributed by atoms with van der Waals surface area (Å²) in [6.45, 7) is 8.29. The van der Waals surface area contributed by atoms with Crippen LogP contribution in [-0.4, -0.2) is 29.2 Å². The molecule has 0 spiro atoms. The summed E-state index contributed by atoms with van der Waals surface area (Å²) in [6, 6.07) is 12.5. The van der Waals surface area contributed by atoms with Gasteiger partial charge in [0, 0.05) is 17.1 Å². The van der Waals surface area contributed by atoms with E-state index < -0.39 is 18.0 Å². The molecule has 0 aliphatic rings. The third kappa shape index (κ3) is 4.92. The van der Waals surface area contributed by atoms with E-state index in [1.807, 2.05) is 37.5 Å². The first-order valence-electron chi connectivity index (χ1n) is 9.82. The molecule has 0 saturated carbocycles. The lowest BCUT2D eigenvalue weighted by Crippen LogP contribution is -2.30. The third-order valence-corrected chi connectivity index (χ3v) is 4.77. The molecule has 3 rings (SSSR count). The number of furan rings is 1. The van der Waals surface area contributed by atoms with Gasteiger partial charge in [-0.3, -0.25) is 4.79 Å². The Hall–Kier alpha value is -3.48. The molecular weight excluding hydrogens is 384 g/mol. The molecule has 30 heavy (non-hydrogen) atoms. The van der Waals surface area contributed by atoms with Crippen molar-refractivity contribution in [2.75, 3.05) is 11.9 Å². The first-order valence-corrected chi connectivity index (χ1v) is 9.82. The van der Waals surface area contributed by atoms with Crippen molar-refractivity contribution in [2.24, 2.45) is 0 Å². The summed E-state index contributed by atoms with van der Waals surface area (Å²) in [7, 11) is 0. The Morgan fingerprint density at radius 3 is 2.53 bits per heavy atom. The van der Waals surface area contributed by atoms with Crippen molar-refractivity contribution < 1.29 is 23.5 Å². The lowest BCUT2D eigenvalue weighted by atomic mass is 10.2. The van der Waals surface area contributed by atoms with Gasteiger partial charge in [-0.15, -0.1) is 0 Å². The zero-order valence-corrected chi connectivity index (χ0v) is 17.6. The van der Waals surface area contributed by atoms with Crippen LogP contribution in [0.2, 0.25) is 0 Å². The molecule has 7 nitrogen and oxygen atoms in total. The Bertz CT molecular complexity index is 1000. The molecule has 0 saturated heterocycles. The largest absolute Gasteiger partial charge is 0.494 e. The number of aromatic nitrogens is 1. The van der Waals surface area contributed by atoms with E-state index in [-0.39, 0.29) is 0 Å². The molecule has 1 amide bonds. The number of esters is 1. The third-order valence-electron chi connectivity index (χ3n) is 4.77. The molecule has 3 aromatic rings. The average Bonchev–Trinajstić information content (AvgIpc) is 3.33. The predicted molar refractivity (Wildman–Crippen MR) is 113 cm³/mol. The van der Waals surface area contributed by atoms with Crippen molar-refractivity contribution in [3.8, 4) is 5.75 Å². The summed E-state index contributed by atoms with van der Waals surface area (Å²) in [6.07, 6.45) is 0.667. The number of carbonyl (C=O) groups is 2. The van der Waals surface area contributed by atoms with Gasteiger partial charge >= 0.3 is 5.97 Å². The summed E-state index contributed by atoms with van der Waals surface area (Å²) < 4.78 is 18.2. The fourth-order valence-corrected chi connectivity index (χ4v) is 3.13. The maximum absolute atomic E-state index is 12.7.